The van der Waals surface area contributed by atoms with Crippen molar-refractivity contribution in [2.45, 2.75) is 68.7 Å². The number of amides is 2. The van der Waals surface area contributed by atoms with Gasteiger partial charge in [0.25, 0.3) is 0 Å². The van der Waals surface area contributed by atoms with E-state index in [0.29, 0.717) is 12.3 Å². The summed E-state index contributed by atoms with van der Waals surface area (Å²) in [5, 5.41) is 3.04. The lowest BCUT2D eigenvalue weighted by atomic mass is 9.81. The highest BCUT2D eigenvalue weighted by Crippen LogP contribution is 2.46. The van der Waals surface area contributed by atoms with E-state index in [0.717, 1.165) is 32.2 Å². The van der Waals surface area contributed by atoms with Gasteiger partial charge in [-0.1, -0.05) is 13.3 Å². The van der Waals surface area contributed by atoms with Gasteiger partial charge in [-0.15, -0.1) is 0 Å². The normalized spacial score (nSPS) is 35.4. The summed E-state index contributed by atoms with van der Waals surface area (Å²) >= 11 is 1.87. The number of carbonyl (C=O) groups is 2. The van der Waals surface area contributed by atoms with Crippen molar-refractivity contribution in [3.8, 4) is 0 Å². The average Bonchev–Trinajstić information content (AvgIpc) is 3.24. The molecule has 0 bridgehead atoms. The van der Waals surface area contributed by atoms with Crippen molar-refractivity contribution in [1.82, 2.24) is 10.2 Å². The monoisotopic (exact) mass is 310 g/mol. The predicted molar refractivity (Wildman–Crippen MR) is 85.2 cm³/mol. The lowest BCUT2D eigenvalue weighted by Gasteiger charge is -2.50. The van der Waals surface area contributed by atoms with E-state index in [1.54, 1.807) is 0 Å². The summed E-state index contributed by atoms with van der Waals surface area (Å²) < 4.78 is 0.186. The largest absolute Gasteiger partial charge is 0.340 e. The minimum atomic E-state index is -0.661. The summed E-state index contributed by atoms with van der Waals surface area (Å²) in [5.74, 6) is 0.528. The van der Waals surface area contributed by atoms with Gasteiger partial charge in [-0.25, -0.2) is 0 Å². The smallest absolute Gasteiger partial charge is 0.249 e. The van der Waals surface area contributed by atoms with Crippen LogP contribution in [0.2, 0.25) is 0 Å². The van der Waals surface area contributed by atoms with Crippen LogP contribution in [0.4, 0.5) is 0 Å². The molecule has 0 radical (unpaired) electrons. The van der Waals surface area contributed by atoms with Crippen LogP contribution in [0.15, 0.2) is 0 Å². The first-order chi connectivity index (χ1) is 9.96. The van der Waals surface area contributed by atoms with E-state index in [4.69, 9.17) is 0 Å². The van der Waals surface area contributed by atoms with Crippen molar-refractivity contribution in [2.75, 3.05) is 12.8 Å². The molecule has 2 atom stereocenters. The third-order valence-corrected chi connectivity index (χ3v) is 7.11. The molecule has 21 heavy (non-hydrogen) atoms. The molecule has 0 aromatic rings. The van der Waals surface area contributed by atoms with E-state index in [2.05, 4.69) is 11.6 Å². The third kappa shape index (κ3) is 2.37. The van der Waals surface area contributed by atoms with Crippen LogP contribution in [0.1, 0.15) is 52.4 Å². The Hall–Kier alpha value is -0.710. The summed E-state index contributed by atoms with van der Waals surface area (Å²) in [5.41, 5.74) is -0.661. The van der Waals surface area contributed by atoms with Crippen molar-refractivity contribution in [3.63, 3.8) is 0 Å². The molecule has 3 rings (SSSR count). The first kappa shape index (κ1) is 15.2. The molecule has 2 unspecified atom stereocenters. The van der Waals surface area contributed by atoms with Crippen molar-refractivity contribution in [3.05, 3.63) is 0 Å². The lowest BCUT2D eigenvalue weighted by molar-refractivity contribution is -0.156. The molecular weight excluding hydrogens is 284 g/mol. The molecular formula is C16H26N2O2S. The number of hydrogen-bond acceptors (Lipinski definition) is 3. The van der Waals surface area contributed by atoms with Gasteiger partial charge in [0.15, 0.2) is 0 Å². The van der Waals surface area contributed by atoms with E-state index < -0.39 is 5.54 Å². The number of hydrogen-bond donors (Lipinski definition) is 1. The van der Waals surface area contributed by atoms with Crippen molar-refractivity contribution in [2.24, 2.45) is 5.92 Å². The standard InChI is InChI=1S/C16H26N2O2S/c1-4-12-13(19)17-15(2,11-6-7-11)14(20)18(12)10-16(21-3)8-5-9-16/h11-12H,4-10H2,1-3H3,(H,17,19). The zero-order valence-electron chi connectivity index (χ0n) is 13.3. The van der Waals surface area contributed by atoms with Gasteiger partial charge in [0.1, 0.15) is 11.6 Å². The van der Waals surface area contributed by atoms with E-state index in [1.807, 2.05) is 30.5 Å². The first-order valence-corrected chi connectivity index (χ1v) is 9.36. The second-order valence-electron chi connectivity index (χ2n) is 7.06. The molecule has 3 fully saturated rings. The molecule has 1 heterocycles. The van der Waals surface area contributed by atoms with Gasteiger partial charge in [-0.05, 0) is 51.2 Å². The molecule has 2 saturated carbocycles. The van der Waals surface area contributed by atoms with Gasteiger partial charge in [0.2, 0.25) is 11.8 Å². The SMILES string of the molecule is CCC1C(=O)NC(C)(C2CC2)C(=O)N1CC1(SC)CCC1. The molecule has 2 amide bonds. The van der Waals surface area contributed by atoms with E-state index in [1.165, 1.54) is 6.42 Å². The van der Waals surface area contributed by atoms with Crippen LogP contribution >= 0.6 is 11.8 Å². The highest BCUT2D eigenvalue weighted by atomic mass is 32.2. The van der Waals surface area contributed by atoms with Crippen LogP contribution in [0.25, 0.3) is 0 Å². The maximum atomic E-state index is 13.1. The Morgan fingerprint density at radius 3 is 2.43 bits per heavy atom. The number of nitrogens with one attached hydrogen (secondary N) is 1. The van der Waals surface area contributed by atoms with Gasteiger partial charge in [-0.2, -0.15) is 11.8 Å². The molecule has 0 aromatic carbocycles. The molecule has 3 aliphatic rings. The summed E-state index contributed by atoms with van der Waals surface area (Å²) in [4.78, 5) is 27.5. The van der Waals surface area contributed by atoms with Crippen molar-refractivity contribution in [1.29, 1.82) is 0 Å². The van der Waals surface area contributed by atoms with Crippen LogP contribution in [0, 0.1) is 5.92 Å². The van der Waals surface area contributed by atoms with Crippen molar-refractivity contribution < 1.29 is 9.59 Å². The molecule has 0 spiro atoms. The van der Waals surface area contributed by atoms with Crippen LogP contribution in [0.3, 0.4) is 0 Å². The van der Waals surface area contributed by atoms with Crippen LogP contribution in [-0.4, -0.2) is 45.8 Å². The van der Waals surface area contributed by atoms with Gasteiger partial charge < -0.3 is 10.2 Å². The molecule has 118 valence electrons. The summed E-state index contributed by atoms with van der Waals surface area (Å²) in [6, 6.07) is -0.283. The fraction of sp³-hybridized carbons (Fsp3) is 0.875. The van der Waals surface area contributed by atoms with Gasteiger partial charge >= 0.3 is 0 Å². The number of rotatable bonds is 5. The first-order valence-electron chi connectivity index (χ1n) is 8.14. The van der Waals surface area contributed by atoms with Crippen LogP contribution in [0.5, 0.6) is 0 Å². The zero-order chi connectivity index (χ0) is 15.3. The quantitative estimate of drug-likeness (QED) is 0.847. The van der Waals surface area contributed by atoms with E-state index in [-0.39, 0.29) is 22.6 Å². The number of nitrogens with zero attached hydrogens (tertiary/aromatic N) is 1. The fourth-order valence-corrected chi connectivity index (χ4v) is 4.77. The molecule has 4 nitrogen and oxygen atoms in total. The van der Waals surface area contributed by atoms with Crippen LogP contribution in [-0.2, 0) is 9.59 Å². The Bertz CT molecular complexity index is 454. The minimum Gasteiger partial charge on any atom is -0.340 e. The second kappa shape index (κ2) is 5.18. The van der Waals surface area contributed by atoms with Gasteiger partial charge in [0.05, 0.1) is 0 Å². The predicted octanol–water partition coefficient (Wildman–Crippen LogP) is 2.18. The summed E-state index contributed by atoms with van der Waals surface area (Å²) in [6.45, 7) is 4.66. The fourth-order valence-electron chi connectivity index (χ4n) is 3.81. The third-order valence-electron chi connectivity index (χ3n) is 5.70. The Balaban J connectivity index is 1.86. The van der Waals surface area contributed by atoms with Crippen LogP contribution < -0.4 is 5.32 Å². The van der Waals surface area contributed by atoms with E-state index in [9.17, 15) is 9.59 Å². The Morgan fingerprint density at radius 2 is 2.00 bits per heavy atom. The lowest BCUT2D eigenvalue weighted by Crippen LogP contribution is -2.71. The molecule has 0 aromatic heterocycles. The molecule has 5 heteroatoms. The Labute approximate surface area is 131 Å². The van der Waals surface area contributed by atoms with Gasteiger partial charge in [-0.3, -0.25) is 9.59 Å². The number of thioether (sulfide) groups is 1. The zero-order valence-corrected chi connectivity index (χ0v) is 14.1. The number of piperazine rings is 1. The maximum absolute atomic E-state index is 13.1. The van der Waals surface area contributed by atoms with Gasteiger partial charge in [0, 0.05) is 11.3 Å². The minimum absolute atomic E-state index is 0.0436. The highest BCUT2D eigenvalue weighted by molar-refractivity contribution is 8.00. The topological polar surface area (TPSA) is 49.4 Å². The van der Waals surface area contributed by atoms with E-state index >= 15 is 0 Å². The van der Waals surface area contributed by atoms with Crippen molar-refractivity contribution >= 4 is 23.6 Å². The highest BCUT2D eigenvalue weighted by Gasteiger charge is 2.56. The molecule has 2 aliphatic carbocycles. The summed E-state index contributed by atoms with van der Waals surface area (Å²) in [6.07, 6.45) is 8.51. The molecule has 1 saturated heterocycles. The Morgan fingerprint density at radius 1 is 1.33 bits per heavy atom. The average molecular weight is 310 g/mol. The maximum Gasteiger partial charge on any atom is 0.249 e. The number of carbonyl (C=O) groups excluding carboxylic acids is 2. The Kier molecular flexibility index (Phi) is 3.75. The molecule has 1 N–H and O–H groups in total. The molecule has 1 aliphatic heterocycles. The second-order valence-corrected chi connectivity index (χ2v) is 8.34. The summed E-state index contributed by atoms with van der Waals surface area (Å²) in [7, 11) is 0.